The fraction of sp³-hybridized carbons (Fsp3) is 0.941. The molecular weight excluding hydrogens is 294 g/mol. The highest BCUT2D eigenvalue weighted by Crippen LogP contribution is 2.25. The summed E-state index contributed by atoms with van der Waals surface area (Å²) >= 11 is 0. The summed E-state index contributed by atoms with van der Waals surface area (Å²) < 4.78 is 11.0. The first-order valence-corrected chi connectivity index (χ1v) is 9.15. The Balaban J connectivity index is 1.56. The number of hydrogen-bond acceptors (Lipinski definition) is 4. The molecule has 0 radical (unpaired) electrons. The van der Waals surface area contributed by atoms with Crippen LogP contribution in [0.15, 0.2) is 4.99 Å². The average Bonchev–Trinajstić information content (AvgIpc) is 3.20. The molecule has 6 heteroatoms. The zero-order valence-corrected chi connectivity index (χ0v) is 14.4. The van der Waals surface area contributed by atoms with Gasteiger partial charge in [0.05, 0.1) is 19.3 Å². The Hall–Kier alpha value is -0.850. The van der Waals surface area contributed by atoms with Gasteiger partial charge in [-0.1, -0.05) is 6.42 Å². The highest BCUT2D eigenvalue weighted by Gasteiger charge is 2.24. The van der Waals surface area contributed by atoms with Crippen LogP contribution in [0.25, 0.3) is 0 Å². The van der Waals surface area contributed by atoms with Gasteiger partial charge in [0.2, 0.25) is 0 Å². The molecule has 0 amide bonds. The fourth-order valence-corrected chi connectivity index (χ4v) is 3.13. The molecule has 2 rings (SSSR count). The van der Waals surface area contributed by atoms with Gasteiger partial charge in [0.1, 0.15) is 0 Å². The molecule has 0 aromatic carbocycles. The Morgan fingerprint density at radius 2 is 2.22 bits per heavy atom. The molecule has 2 aliphatic rings. The summed E-state index contributed by atoms with van der Waals surface area (Å²) in [6.45, 7) is 7.77. The molecule has 23 heavy (non-hydrogen) atoms. The quantitative estimate of drug-likeness (QED) is 0.336. The number of nitrogens with zero attached hydrogens (tertiary/aromatic N) is 1. The van der Waals surface area contributed by atoms with E-state index in [-0.39, 0.29) is 6.10 Å². The maximum Gasteiger partial charge on any atom is 0.191 e. The lowest BCUT2D eigenvalue weighted by molar-refractivity contribution is 0.0888. The van der Waals surface area contributed by atoms with Crippen LogP contribution in [0.3, 0.4) is 0 Å². The normalized spacial score (nSPS) is 28.3. The fourth-order valence-electron chi connectivity index (χ4n) is 3.13. The SMILES string of the molecule is CCNC(=NCC1CCCC1O)NCCCOCC1CCOC1. The second-order valence-corrected chi connectivity index (χ2v) is 6.56. The molecule has 1 aliphatic carbocycles. The number of aliphatic hydroxyl groups excluding tert-OH is 1. The van der Waals surface area contributed by atoms with E-state index in [2.05, 4.69) is 22.5 Å². The highest BCUT2D eigenvalue weighted by molar-refractivity contribution is 5.79. The average molecular weight is 327 g/mol. The molecule has 0 aromatic rings. The van der Waals surface area contributed by atoms with Crippen LogP contribution in [-0.4, -0.2) is 63.2 Å². The van der Waals surface area contributed by atoms with Crippen LogP contribution in [0.4, 0.5) is 0 Å². The minimum atomic E-state index is -0.172. The van der Waals surface area contributed by atoms with Crippen molar-refractivity contribution in [2.24, 2.45) is 16.8 Å². The van der Waals surface area contributed by atoms with Crippen molar-refractivity contribution < 1.29 is 14.6 Å². The Bertz CT molecular complexity index is 346. The van der Waals surface area contributed by atoms with Gasteiger partial charge in [-0.3, -0.25) is 4.99 Å². The van der Waals surface area contributed by atoms with Crippen molar-refractivity contribution in [1.29, 1.82) is 0 Å². The van der Waals surface area contributed by atoms with E-state index in [1.807, 2.05) is 0 Å². The molecule has 1 heterocycles. The predicted octanol–water partition coefficient (Wildman–Crippen LogP) is 1.15. The minimum absolute atomic E-state index is 0.172. The molecule has 1 saturated heterocycles. The van der Waals surface area contributed by atoms with Crippen molar-refractivity contribution in [2.75, 3.05) is 46.1 Å². The van der Waals surface area contributed by atoms with E-state index >= 15 is 0 Å². The number of aliphatic imine (C=N–C) groups is 1. The summed E-state index contributed by atoms with van der Waals surface area (Å²) in [6, 6.07) is 0. The van der Waals surface area contributed by atoms with E-state index in [0.29, 0.717) is 18.4 Å². The number of ether oxygens (including phenoxy) is 2. The maximum atomic E-state index is 9.86. The van der Waals surface area contributed by atoms with Crippen LogP contribution < -0.4 is 10.6 Å². The van der Waals surface area contributed by atoms with Gasteiger partial charge >= 0.3 is 0 Å². The minimum Gasteiger partial charge on any atom is -0.393 e. The van der Waals surface area contributed by atoms with Gasteiger partial charge in [0.15, 0.2) is 5.96 Å². The molecule has 1 aliphatic heterocycles. The van der Waals surface area contributed by atoms with E-state index in [9.17, 15) is 5.11 Å². The second kappa shape index (κ2) is 10.8. The van der Waals surface area contributed by atoms with Gasteiger partial charge in [0.25, 0.3) is 0 Å². The van der Waals surface area contributed by atoms with Crippen LogP contribution in [0.2, 0.25) is 0 Å². The summed E-state index contributed by atoms with van der Waals surface area (Å²) in [6.07, 6.45) is 5.05. The molecule has 2 fully saturated rings. The molecular formula is C17H33N3O3. The van der Waals surface area contributed by atoms with Crippen molar-refractivity contribution in [3.63, 3.8) is 0 Å². The summed E-state index contributed by atoms with van der Waals surface area (Å²) in [7, 11) is 0. The molecule has 134 valence electrons. The number of aliphatic hydroxyl groups is 1. The molecule has 1 saturated carbocycles. The third kappa shape index (κ3) is 7.06. The van der Waals surface area contributed by atoms with Crippen molar-refractivity contribution in [3.05, 3.63) is 0 Å². The topological polar surface area (TPSA) is 75.1 Å². The Labute approximate surface area is 140 Å². The third-order valence-corrected chi connectivity index (χ3v) is 4.58. The summed E-state index contributed by atoms with van der Waals surface area (Å²) in [5.74, 6) is 1.75. The Morgan fingerprint density at radius 3 is 2.91 bits per heavy atom. The smallest absolute Gasteiger partial charge is 0.191 e. The van der Waals surface area contributed by atoms with E-state index < -0.39 is 0 Å². The molecule has 3 N–H and O–H groups in total. The third-order valence-electron chi connectivity index (χ3n) is 4.58. The monoisotopic (exact) mass is 327 g/mol. The van der Waals surface area contributed by atoms with Gasteiger partial charge < -0.3 is 25.2 Å². The van der Waals surface area contributed by atoms with Crippen LogP contribution in [-0.2, 0) is 9.47 Å². The lowest BCUT2D eigenvalue weighted by Crippen LogP contribution is -2.38. The Kier molecular flexibility index (Phi) is 8.71. The molecule has 3 unspecified atom stereocenters. The van der Waals surface area contributed by atoms with Gasteiger partial charge in [-0.2, -0.15) is 0 Å². The summed E-state index contributed by atoms with van der Waals surface area (Å²) in [5.41, 5.74) is 0. The van der Waals surface area contributed by atoms with Gasteiger partial charge in [0, 0.05) is 44.7 Å². The summed E-state index contributed by atoms with van der Waals surface area (Å²) in [4.78, 5) is 4.60. The Morgan fingerprint density at radius 1 is 1.30 bits per heavy atom. The van der Waals surface area contributed by atoms with Crippen LogP contribution in [0.5, 0.6) is 0 Å². The van der Waals surface area contributed by atoms with E-state index in [4.69, 9.17) is 9.47 Å². The molecule has 0 aromatic heterocycles. The van der Waals surface area contributed by atoms with E-state index in [1.54, 1.807) is 0 Å². The second-order valence-electron chi connectivity index (χ2n) is 6.56. The number of guanidine groups is 1. The van der Waals surface area contributed by atoms with Crippen LogP contribution in [0.1, 0.15) is 39.0 Å². The maximum absolute atomic E-state index is 9.86. The largest absolute Gasteiger partial charge is 0.393 e. The van der Waals surface area contributed by atoms with E-state index in [0.717, 1.165) is 77.6 Å². The van der Waals surface area contributed by atoms with Gasteiger partial charge in [-0.05, 0) is 32.6 Å². The lowest BCUT2D eigenvalue weighted by Gasteiger charge is -2.15. The summed E-state index contributed by atoms with van der Waals surface area (Å²) in [5, 5.41) is 16.5. The lowest BCUT2D eigenvalue weighted by atomic mass is 10.1. The first kappa shape index (κ1) is 18.5. The first-order valence-electron chi connectivity index (χ1n) is 9.15. The number of rotatable bonds is 9. The molecule has 6 nitrogen and oxygen atoms in total. The number of nitrogens with one attached hydrogen (secondary N) is 2. The first-order chi connectivity index (χ1) is 11.3. The van der Waals surface area contributed by atoms with Gasteiger partial charge in [-0.25, -0.2) is 0 Å². The van der Waals surface area contributed by atoms with Crippen molar-refractivity contribution in [1.82, 2.24) is 10.6 Å². The van der Waals surface area contributed by atoms with Crippen molar-refractivity contribution in [2.45, 2.75) is 45.1 Å². The highest BCUT2D eigenvalue weighted by atomic mass is 16.5. The van der Waals surface area contributed by atoms with E-state index in [1.165, 1.54) is 0 Å². The number of hydrogen-bond donors (Lipinski definition) is 3. The predicted molar refractivity (Wildman–Crippen MR) is 91.7 cm³/mol. The van der Waals surface area contributed by atoms with Crippen LogP contribution >= 0.6 is 0 Å². The van der Waals surface area contributed by atoms with Gasteiger partial charge in [-0.15, -0.1) is 0 Å². The zero-order chi connectivity index (χ0) is 16.3. The standard InChI is InChI=1S/C17H33N3O3/c1-2-18-17(20-11-15-5-3-6-16(15)21)19-8-4-9-22-12-14-7-10-23-13-14/h14-16,21H,2-13H2,1H3,(H2,18,19,20). The molecule has 0 bridgehead atoms. The van der Waals surface area contributed by atoms with Crippen molar-refractivity contribution >= 4 is 5.96 Å². The van der Waals surface area contributed by atoms with Crippen molar-refractivity contribution in [3.8, 4) is 0 Å². The molecule has 0 spiro atoms. The van der Waals surface area contributed by atoms with Crippen LogP contribution in [0, 0.1) is 11.8 Å². The zero-order valence-electron chi connectivity index (χ0n) is 14.4. The molecule has 3 atom stereocenters.